The van der Waals surface area contributed by atoms with E-state index in [0.717, 1.165) is 33.8 Å². The topological polar surface area (TPSA) is 98.0 Å². The van der Waals surface area contributed by atoms with Crippen molar-refractivity contribution in [2.75, 3.05) is 20.2 Å². The maximum atomic E-state index is 13.1. The Kier molecular flexibility index (Phi) is 6.98. The number of hydrogen-bond acceptors (Lipinski definition) is 6. The Hall–Kier alpha value is -3.34. The molecule has 1 fully saturated rings. The van der Waals surface area contributed by atoms with Crippen LogP contribution in [0.3, 0.4) is 0 Å². The zero-order chi connectivity index (χ0) is 26.2. The number of amides is 1. The molecule has 0 bridgehead atoms. The fourth-order valence-electron chi connectivity index (χ4n) is 4.53. The Morgan fingerprint density at radius 1 is 1.03 bits per heavy atom. The highest BCUT2D eigenvalue weighted by Gasteiger charge is 2.28. The summed E-state index contributed by atoms with van der Waals surface area (Å²) >= 11 is 1.32. The number of sulfonamides is 1. The second-order valence-corrected chi connectivity index (χ2v) is 12.1. The lowest BCUT2D eigenvalue weighted by molar-refractivity contribution is -0.141. The molecule has 0 N–H and O–H groups in total. The SMILES string of the molecule is COC(=O)Cn1c(=NC(=O)c2ccc(S(=O)(=O)N3CCC(C)CC3)cc2)sc2c3ccccc3ccc21. The molecule has 192 valence electrons. The van der Waals surface area contributed by atoms with Gasteiger partial charge >= 0.3 is 5.97 Å². The smallest absolute Gasteiger partial charge is 0.325 e. The fourth-order valence-corrected chi connectivity index (χ4v) is 7.16. The summed E-state index contributed by atoms with van der Waals surface area (Å²) in [6.07, 6.45) is 1.68. The molecule has 0 aliphatic carbocycles. The van der Waals surface area contributed by atoms with Crippen LogP contribution in [0.5, 0.6) is 0 Å². The van der Waals surface area contributed by atoms with Gasteiger partial charge in [0.05, 0.1) is 22.2 Å². The van der Waals surface area contributed by atoms with Gasteiger partial charge in [-0.2, -0.15) is 9.30 Å². The number of fused-ring (bicyclic) bond motifs is 3. The number of piperidine rings is 1. The van der Waals surface area contributed by atoms with Gasteiger partial charge in [-0.15, -0.1) is 0 Å². The minimum atomic E-state index is -3.61. The first-order valence-electron chi connectivity index (χ1n) is 12.0. The van der Waals surface area contributed by atoms with E-state index in [1.54, 1.807) is 4.57 Å². The van der Waals surface area contributed by atoms with Crippen LogP contribution in [-0.2, 0) is 26.1 Å². The highest BCUT2D eigenvalue weighted by Crippen LogP contribution is 2.28. The van der Waals surface area contributed by atoms with E-state index in [2.05, 4.69) is 11.9 Å². The normalized spacial score (nSPS) is 15.9. The molecule has 1 aliphatic heterocycles. The lowest BCUT2D eigenvalue weighted by Crippen LogP contribution is -2.37. The van der Waals surface area contributed by atoms with Crippen molar-refractivity contribution >= 4 is 54.2 Å². The Labute approximate surface area is 218 Å². The van der Waals surface area contributed by atoms with Crippen molar-refractivity contribution in [1.29, 1.82) is 0 Å². The molecule has 37 heavy (non-hydrogen) atoms. The molecular weight excluding hydrogens is 510 g/mol. The first-order chi connectivity index (χ1) is 17.8. The minimum Gasteiger partial charge on any atom is -0.468 e. The van der Waals surface area contributed by atoms with E-state index < -0.39 is 21.9 Å². The highest BCUT2D eigenvalue weighted by atomic mass is 32.2. The summed E-state index contributed by atoms with van der Waals surface area (Å²) in [4.78, 5) is 30.1. The molecule has 0 atom stereocenters. The molecule has 5 rings (SSSR count). The molecule has 10 heteroatoms. The van der Waals surface area contributed by atoms with Crippen molar-refractivity contribution in [2.24, 2.45) is 10.9 Å². The minimum absolute atomic E-state index is 0.0907. The van der Waals surface area contributed by atoms with E-state index in [4.69, 9.17) is 4.74 Å². The molecule has 4 aromatic rings. The molecule has 1 aromatic heterocycles. The van der Waals surface area contributed by atoms with Gasteiger partial charge in [0.2, 0.25) is 10.0 Å². The zero-order valence-electron chi connectivity index (χ0n) is 20.6. The number of rotatable bonds is 5. The van der Waals surface area contributed by atoms with Gasteiger partial charge in [-0.05, 0) is 54.5 Å². The van der Waals surface area contributed by atoms with Crippen LogP contribution in [0.4, 0.5) is 0 Å². The molecule has 8 nitrogen and oxygen atoms in total. The Morgan fingerprint density at radius 2 is 1.73 bits per heavy atom. The van der Waals surface area contributed by atoms with E-state index in [0.29, 0.717) is 23.8 Å². The number of hydrogen-bond donors (Lipinski definition) is 0. The van der Waals surface area contributed by atoms with Crippen LogP contribution in [0, 0.1) is 5.92 Å². The predicted molar refractivity (Wildman–Crippen MR) is 143 cm³/mol. The second kappa shape index (κ2) is 10.2. The molecule has 3 aromatic carbocycles. The van der Waals surface area contributed by atoms with Crippen LogP contribution in [-0.4, -0.2) is 49.4 Å². The Bertz CT molecular complexity index is 1660. The van der Waals surface area contributed by atoms with Crippen LogP contribution in [0.1, 0.15) is 30.1 Å². The number of aromatic nitrogens is 1. The van der Waals surface area contributed by atoms with Gasteiger partial charge in [0, 0.05) is 24.0 Å². The summed E-state index contributed by atoms with van der Waals surface area (Å²) in [5, 5.41) is 2.04. The van der Waals surface area contributed by atoms with Crippen LogP contribution in [0.2, 0.25) is 0 Å². The number of carbonyl (C=O) groups excluding carboxylic acids is 2. The van der Waals surface area contributed by atoms with E-state index in [9.17, 15) is 18.0 Å². The summed E-state index contributed by atoms with van der Waals surface area (Å²) in [6, 6.07) is 17.6. The molecule has 1 aliphatic rings. The average Bonchev–Trinajstić information content (AvgIpc) is 3.25. The van der Waals surface area contributed by atoms with Crippen molar-refractivity contribution in [3.8, 4) is 0 Å². The summed E-state index contributed by atoms with van der Waals surface area (Å²) < 4.78 is 35.0. The van der Waals surface area contributed by atoms with Crippen molar-refractivity contribution in [3.05, 3.63) is 71.0 Å². The second-order valence-electron chi connectivity index (χ2n) is 9.21. The number of ether oxygens (including phenoxy) is 1. The van der Waals surface area contributed by atoms with Crippen LogP contribution in [0.15, 0.2) is 70.6 Å². The maximum Gasteiger partial charge on any atom is 0.325 e. The molecule has 0 unspecified atom stereocenters. The first-order valence-corrected chi connectivity index (χ1v) is 14.3. The van der Waals surface area contributed by atoms with E-state index in [-0.39, 0.29) is 17.0 Å². The van der Waals surface area contributed by atoms with E-state index in [1.807, 2.05) is 36.4 Å². The van der Waals surface area contributed by atoms with Gasteiger partial charge in [-0.25, -0.2) is 8.42 Å². The average molecular weight is 538 g/mol. The molecular formula is C27H27N3O5S2. The summed E-state index contributed by atoms with van der Waals surface area (Å²) in [7, 11) is -2.30. The van der Waals surface area contributed by atoms with Gasteiger partial charge < -0.3 is 9.30 Å². The largest absolute Gasteiger partial charge is 0.468 e. The van der Waals surface area contributed by atoms with Crippen molar-refractivity contribution in [3.63, 3.8) is 0 Å². The molecule has 0 radical (unpaired) electrons. The van der Waals surface area contributed by atoms with Crippen molar-refractivity contribution < 1.29 is 22.7 Å². The van der Waals surface area contributed by atoms with Gasteiger partial charge in [-0.1, -0.05) is 48.6 Å². The number of thiazole rings is 1. The van der Waals surface area contributed by atoms with E-state index in [1.165, 1.54) is 47.0 Å². The number of benzene rings is 3. The molecule has 1 amide bonds. The third-order valence-electron chi connectivity index (χ3n) is 6.77. The number of carbonyl (C=O) groups is 2. The first kappa shape index (κ1) is 25.3. The molecule has 1 saturated heterocycles. The quantitative estimate of drug-likeness (QED) is 0.356. The highest BCUT2D eigenvalue weighted by molar-refractivity contribution is 7.89. The van der Waals surface area contributed by atoms with Crippen LogP contribution < -0.4 is 4.80 Å². The monoisotopic (exact) mass is 537 g/mol. The van der Waals surface area contributed by atoms with Crippen molar-refractivity contribution in [2.45, 2.75) is 31.2 Å². The van der Waals surface area contributed by atoms with Crippen molar-refractivity contribution in [1.82, 2.24) is 8.87 Å². The Balaban J connectivity index is 1.51. The molecule has 0 spiro atoms. The third kappa shape index (κ3) is 4.96. The van der Waals surface area contributed by atoms with Gasteiger partial charge in [-0.3, -0.25) is 9.59 Å². The maximum absolute atomic E-state index is 13.1. The van der Waals surface area contributed by atoms with Gasteiger partial charge in [0.1, 0.15) is 6.54 Å². The zero-order valence-corrected chi connectivity index (χ0v) is 22.2. The van der Waals surface area contributed by atoms with Crippen LogP contribution >= 0.6 is 11.3 Å². The lowest BCUT2D eigenvalue weighted by Gasteiger charge is -2.29. The summed E-state index contributed by atoms with van der Waals surface area (Å²) in [5.41, 5.74) is 1.04. The number of esters is 1. The lowest BCUT2D eigenvalue weighted by atomic mass is 10.0. The molecule has 0 saturated carbocycles. The summed E-state index contributed by atoms with van der Waals surface area (Å²) in [6.45, 7) is 3.04. The summed E-state index contributed by atoms with van der Waals surface area (Å²) in [5.74, 6) is -0.462. The van der Waals surface area contributed by atoms with E-state index >= 15 is 0 Å². The molecule has 2 heterocycles. The number of methoxy groups -OCH3 is 1. The van der Waals surface area contributed by atoms with Crippen LogP contribution in [0.25, 0.3) is 21.0 Å². The standard InChI is InChI=1S/C27H27N3O5S2/c1-18-13-15-29(16-14-18)37(33,34)21-10-7-20(8-11-21)26(32)28-27-30(17-24(31)35-2)23-12-9-19-5-3-4-6-22(19)25(23)36-27/h3-12,18H,13-17H2,1-2H3. The predicted octanol–water partition coefficient (Wildman–Crippen LogP) is 4.19. The Morgan fingerprint density at radius 3 is 2.43 bits per heavy atom. The third-order valence-corrected chi connectivity index (χ3v) is 9.81. The van der Waals surface area contributed by atoms with Gasteiger partial charge in [0.15, 0.2) is 4.80 Å². The van der Waals surface area contributed by atoms with Gasteiger partial charge in [0.25, 0.3) is 5.91 Å². The fraction of sp³-hybridized carbons (Fsp3) is 0.296. The number of nitrogens with zero attached hydrogens (tertiary/aromatic N) is 3.